The first-order chi connectivity index (χ1) is 11.1. The van der Waals surface area contributed by atoms with Crippen LogP contribution in [0.1, 0.15) is 22.5 Å². The van der Waals surface area contributed by atoms with Gasteiger partial charge in [0.15, 0.2) is 6.19 Å². The van der Waals surface area contributed by atoms with Crippen molar-refractivity contribution in [2.45, 2.75) is 19.4 Å². The number of nitrogens with zero attached hydrogens (tertiary/aromatic N) is 4. The van der Waals surface area contributed by atoms with Crippen LogP contribution in [0.25, 0.3) is 5.69 Å². The van der Waals surface area contributed by atoms with Gasteiger partial charge in [0.25, 0.3) is 5.91 Å². The number of rotatable bonds is 3. The molecule has 1 N–H and O–H groups in total. The molecule has 6 nitrogen and oxygen atoms in total. The van der Waals surface area contributed by atoms with Crippen molar-refractivity contribution in [1.82, 2.24) is 19.8 Å². The van der Waals surface area contributed by atoms with E-state index in [0.29, 0.717) is 25.2 Å². The second-order valence-electron chi connectivity index (χ2n) is 5.59. The van der Waals surface area contributed by atoms with Crippen LogP contribution in [0.3, 0.4) is 0 Å². The number of nitriles is 1. The molecule has 0 spiro atoms. The van der Waals surface area contributed by atoms with Crippen LogP contribution in [-0.2, 0) is 0 Å². The Labute approximate surface area is 133 Å². The molecule has 0 aliphatic carbocycles. The van der Waals surface area contributed by atoms with E-state index >= 15 is 0 Å². The highest BCUT2D eigenvalue weighted by molar-refractivity contribution is 5.94. The van der Waals surface area contributed by atoms with Crippen molar-refractivity contribution in [2.24, 2.45) is 0 Å². The number of aryl methyl sites for hydroxylation is 1. The quantitative estimate of drug-likeness (QED) is 0.874. The number of carbonyl (C=O) groups excluding carboxylic acids is 1. The Bertz CT molecular complexity index is 779. The number of likely N-dealkylation sites (tertiary alicyclic amines) is 1. The van der Waals surface area contributed by atoms with Crippen LogP contribution in [-0.4, -0.2) is 39.5 Å². The van der Waals surface area contributed by atoms with Crippen molar-refractivity contribution in [1.29, 1.82) is 5.26 Å². The van der Waals surface area contributed by atoms with Gasteiger partial charge in [0.2, 0.25) is 0 Å². The van der Waals surface area contributed by atoms with Crippen molar-refractivity contribution >= 4 is 5.91 Å². The second kappa shape index (κ2) is 6.08. The third-order valence-electron chi connectivity index (χ3n) is 3.86. The summed E-state index contributed by atoms with van der Waals surface area (Å²) in [6, 6.07) is 4.28. The fraction of sp³-hybridized carbons (Fsp3) is 0.312. The summed E-state index contributed by atoms with van der Waals surface area (Å²) in [5, 5.41) is 11.7. The molecule has 2 heterocycles. The minimum atomic E-state index is -0.486. The monoisotopic (exact) mass is 313 g/mol. The third kappa shape index (κ3) is 3.16. The summed E-state index contributed by atoms with van der Waals surface area (Å²) in [7, 11) is 0. The zero-order chi connectivity index (χ0) is 16.4. The molecular formula is C16H16FN5O. The molecule has 1 aliphatic rings. The van der Waals surface area contributed by atoms with E-state index < -0.39 is 5.82 Å². The largest absolute Gasteiger partial charge is 0.347 e. The van der Waals surface area contributed by atoms with Crippen LogP contribution in [0.4, 0.5) is 4.39 Å². The molecule has 0 radical (unpaired) electrons. The van der Waals surface area contributed by atoms with Crippen molar-refractivity contribution in [2.75, 3.05) is 13.1 Å². The van der Waals surface area contributed by atoms with Gasteiger partial charge in [0.05, 0.1) is 17.7 Å². The number of amides is 1. The van der Waals surface area contributed by atoms with Crippen LogP contribution in [0.15, 0.2) is 30.7 Å². The van der Waals surface area contributed by atoms with Gasteiger partial charge in [-0.25, -0.2) is 9.37 Å². The summed E-state index contributed by atoms with van der Waals surface area (Å²) in [5.41, 5.74) is 1.40. The fourth-order valence-corrected chi connectivity index (χ4v) is 2.65. The molecule has 7 heteroatoms. The van der Waals surface area contributed by atoms with E-state index in [-0.39, 0.29) is 17.5 Å². The number of hydrogen-bond donors (Lipinski definition) is 1. The van der Waals surface area contributed by atoms with Crippen molar-refractivity contribution in [3.05, 3.63) is 47.8 Å². The Balaban J connectivity index is 1.73. The maximum Gasteiger partial charge on any atom is 0.251 e. The van der Waals surface area contributed by atoms with Gasteiger partial charge in [-0.3, -0.25) is 4.79 Å². The fourth-order valence-electron chi connectivity index (χ4n) is 2.65. The topological polar surface area (TPSA) is 74.0 Å². The number of aromatic nitrogens is 2. The molecule has 0 bridgehead atoms. The molecule has 2 aromatic rings. The number of imidazole rings is 1. The van der Waals surface area contributed by atoms with Gasteiger partial charge in [0.1, 0.15) is 5.82 Å². The Morgan fingerprint density at radius 1 is 1.52 bits per heavy atom. The highest BCUT2D eigenvalue weighted by Gasteiger charge is 2.23. The molecule has 1 fully saturated rings. The average Bonchev–Trinajstić information content (AvgIpc) is 3.16. The molecule has 1 aliphatic heterocycles. The molecule has 118 valence electrons. The maximum absolute atomic E-state index is 14.3. The van der Waals surface area contributed by atoms with Crippen molar-refractivity contribution in [3.63, 3.8) is 0 Å². The van der Waals surface area contributed by atoms with Crippen molar-refractivity contribution < 1.29 is 9.18 Å². The summed E-state index contributed by atoms with van der Waals surface area (Å²) in [4.78, 5) is 17.9. The minimum Gasteiger partial charge on any atom is -0.347 e. The van der Waals surface area contributed by atoms with E-state index in [0.717, 1.165) is 5.69 Å². The summed E-state index contributed by atoms with van der Waals surface area (Å²) in [6.07, 6.45) is 6.02. The van der Waals surface area contributed by atoms with Crippen LogP contribution >= 0.6 is 0 Å². The third-order valence-corrected chi connectivity index (χ3v) is 3.86. The van der Waals surface area contributed by atoms with E-state index in [2.05, 4.69) is 16.5 Å². The molecule has 1 aromatic carbocycles. The molecule has 23 heavy (non-hydrogen) atoms. The zero-order valence-corrected chi connectivity index (χ0v) is 12.7. The first-order valence-electron chi connectivity index (χ1n) is 7.33. The first kappa shape index (κ1) is 15.0. The van der Waals surface area contributed by atoms with Crippen LogP contribution in [0.5, 0.6) is 0 Å². The van der Waals surface area contributed by atoms with E-state index in [1.807, 2.05) is 6.92 Å². The molecule has 1 atom stereocenters. The smallest absolute Gasteiger partial charge is 0.251 e. The highest BCUT2D eigenvalue weighted by Crippen LogP contribution is 2.16. The predicted octanol–water partition coefficient (Wildman–Crippen LogP) is 1.60. The molecular weight excluding hydrogens is 297 g/mol. The maximum atomic E-state index is 14.3. The molecule has 3 rings (SSSR count). The van der Waals surface area contributed by atoms with Gasteiger partial charge in [-0.2, -0.15) is 5.26 Å². The minimum absolute atomic E-state index is 0.0822. The van der Waals surface area contributed by atoms with Gasteiger partial charge in [0, 0.05) is 30.9 Å². The van der Waals surface area contributed by atoms with E-state index in [9.17, 15) is 9.18 Å². The lowest BCUT2D eigenvalue weighted by Gasteiger charge is -2.13. The lowest BCUT2D eigenvalue weighted by molar-refractivity contribution is 0.0938. The van der Waals surface area contributed by atoms with Gasteiger partial charge in [-0.1, -0.05) is 0 Å². The summed E-state index contributed by atoms with van der Waals surface area (Å²) in [5.74, 6) is -0.817. The predicted molar refractivity (Wildman–Crippen MR) is 81.3 cm³/mol. The van der Waals surface area contributed by atoms with Gasteiger partial charge < -0.3 is 14.8 Å². The zero-order valence-electron chi connectivity index (χ0n) is 12.7. The average molecular weight is 313 g/mol. The Hall–Kier alpha value is -2.88. The Morgan fingerprint density at radius 3 is 2.96 bits per heavy atom. The highest BCUT2D eigenvalue weighted by atomic mass is 19.1. The lowest BCUT2D eigenvalue weighted by atomic mass is 10.1. The lowest BCUT2D eigenvalue weighted by Crippen LogP contribution is -2.36. The summed E-state index contributed by atoms with van der Waals surface area (Å²) >= 11 is 0. The summed E-state index contributed by atoms with van der Waals surface area (Å²) < 4.78 is 15.8. The number of carbonyl (C=O) groups is 1. The Kier molecular flexibility index (Phi) is 3.98. The van der Waals surface area contributed by atoms with Gasteiger partial charge in [-0.05, 0) is 31.5 Å². The Morgan fingerprint density at radius 2 is 2.35 bits per heavy atom. The standard InChI is InChI=1S/C16H16FN5O/c1-11-7-22(10-19-11)15-3-2-12(6-14(15)17)16(23)20-13-4-5-21(8-13)9-18/h2-3,6-7,10,13H,4-5,8H2,1H3,(H,20,23). The SMILES string of the molecule is Cc1cn(-c2ccc(C(=O)NC3CCN(C#N)C3)cc2F)cn1. The molecule has 0 saturated carbocycles. The van der Waals surface area contributed by atoms with E-state index in [4.69, 9.17) is 5.26 Å². The van der Waals surface area contributed by atoms with E-state index in [1.165, 1.54) is 12.4 Å². The molecule has 1 aromatic heterocycles. The van der Waals surface area contributed by atoms with Crippen LogP contribution in [0, 0.1) is 24.2 Å². The molecule has 1 saturated heterocycles. The molecule has 1 unspecified atom stereocenters. The number of halogens is 1. The first-order valence-corrected chi connectivity index (χ1v) is 7.33. The van der Waals surface area contributed by atoms with Gasteiger partial charge >= 0.3 is 0 Å². The van der Waals surface area contributed by atoms with Crippen LogP contribution < -0.4 is 5.32 Å². The van der Waals surface area contributed by atoms with Gasteiger partial charge in [-0.15, -0.1) is 0 Å². The van der Waals surface area contributed by atoms with Crippen molar-refractivity contribution in [3.8, 4) is 11.9 Å². The molecule has 1 amide bonds. The number of hydrogen-bond acceptors (Lipinski definition) is 4. The van der Waals surface area contributed by atoms with Crippen LogP contribution in [0.2, 0.25) is 0 Å². The number of benzene rings is 1. The van der Waals surface area contributed by atoms with E-state index in [1.54, 1.807) is 27.8 Å². The second-order valence-corrected chi connectivity index (χ2v) is 5.59. The number of nitrogens with one attached hydrogen (secondary N) is 1. The summed E-state index contributed by atoms with van der Waals surface area (Å²) in [6.45, 7) is 2.95. The normalized spacial score (nSPS) is 17.1.